The zero-order valence-electron chi connectivity index (χ0n) is 16.1. The molecular weight excluding hydrogens is 478 g/mol. The molecule has 5 nitrogen and oxygen atoms in total. The van der Waals surface area contributed by atoms with Crippen LogP contribution in [0.1, 0.15) is 18.9 Å². The average Bonchev–Trinajstić information content (AvgIpc) is 2.67. The Morgan fingerprint density at radius 2 is 2.04 bits per heavy atom. The van der Waals surface area contributed by atoms with E-state index >= 15 is 0 Å². The second-order valence-electron chi connectivity index (χ2n) is 6.14. The number of hydrogen-bond donors (Lipinski definition) is 2. The molecule has 154 valence electrons. The van der Waals surface area contributed by atoms with Crippen LogP contribution in [0.3, 0.4) is 0 Å². The molecule has 0 amide bonds. The largest absolute Gasteiger partial charge is 0.379 e. The van der Waals surface area contributed by atoms with Gasteiger partial charge >= 0.3 is 0 Å². The van der Waals surface area contributed by atoms with Gasteiger partial charge in [0.05, 0.1) is 13.2 Å². The minimum Gasteiger partial charge on any atom is -0.379 e. The molecule has 1 heterocycles. The normalized spacial score (nSPS) is 15.3. The first-order valence-corrected chi connectivity index (χ1v) is 10.6. The number of thioether (sulfide) groups is 1. The van der Waals surface area contributed by atoms with Gasteiger partial charge in [0.25, 0.3) is 0 Å². The second-order valence-corrected chi connectivity index (χ2v) is 7.24. The van der Waals surface area contributed by atoms with Gasteiger partial charge < -0.3 is 15.4 Å². The molecule has 0 atom stereocenters. The molecule has 0 aliphatic carbocycles. The minimum absolute atomic E-state index is 0. The third-order valence-electron chi connectivity index (χ3n) is 4.10. The van der Waals surface area contributed by atoms with Crippen molar-refractivity contribution in [1.29, 1.82) is 0 Å². The summed E-state index contributed by atoms with van der Waals surface area (Å²) in [6.45, 7) is 9.36. The van der Waals surface area contributed by atoms with Crippen molar-refractivity contribution >= 4 is 41.7 Å². The summed E-state index contributed by atoms with van der Waals surface area (Å²) in [6.07, 6.45) is 1.05. The highest BCUT2D eigenvalue weighted by Gasteiger charge is 2.09. The number of aliphatic imine (C=N–C) groups is 1. The minimum atomic E-state index is -0.122. The van der Waals surface area contributed by atoms with Gasteiger partial charge in [-0.1, -0.05) is 18.2 Å². The summed E-state index contributed by atoms with van der Waals surface area (Å²) >= 11 is 1.72. The van der Waals surface area contributed by atoms with E-state index in [1.165, 1.54) is 6.07 Å². The lowest BCUT2D eigenvalue weighted by Gasteiger charge is -2.26. The Balaban J connectivity index is 0.00000364. The number of morpholine rings is 1. The Hall–Kier alpha value is -0.580. The highest BCUT2D eigenvalue weighted by molar-refractivity contribution is 14.0. The molecule has 1 aliphatic rings. The van der Waals surface area contributed by atoms with Crippen LogP contribution in [0.25, 0.3) is 0 Å². The van der Waals surface area contributed by atoms with Crippen LogP contribution < -0.4 is 10.6 Å². The maximum Gasteiger partial charge on any atom is 0.191 e. The van der Waals surface area contributed by atoms with Crippen LogP contribution in [0.4, 0.5) is 4.39 Å². The van der Waals surface area contributed by atoms with Crippen LogP contribution in [0.5, 0.6) is 0 Å². The lowest BCUT2D eigenvalue weighted by atomic mass is 10.2. The lowest BCUT2D eigenvalue weighted by Crippen LogP contribution is -2.39. The van der Waals surface area contributed by atoms with Gasteiger partial charge in [-0.25, -0.2) is 4.39 Å². The van der Waals surface area contributed by atoms with Crippen molar-refractivity contribution in [1.82, 2.24) is 15.5 Å². The first kappa shape index (κ1) is 24.5. The highest BCUT2D eigenvalue weighted by atomic mass is 127. The molecular formula is C19H32FIN4OS. The molecule has 2 N–H and O–H groups in total. The van der Waals surface area contributed by atoms with Gasteiger partial charge in [-0.3, -0.25) is 9.89 Å². The molecule has 0 saturated carbocycles. The smallest absolute Gasteiger partial charge is 0.191 e. The van der Waals surface area contributed by atoms with Crippen LogP contribution >= 0.6 is 35.7 Å². The summed E-state index contributed by atoms with van der Waals surface area (Å²) in [5.41, 5.74) is 0.765. The number of benzene rings is 1. The molecule has 0 unspecified atom stereocenters. The predicted octanol–water partition coefficient (Wildman–Crippen LogP) is 2.95. The SMILES string of the molecule is CCNC(=NCCCN1CCOCC1)NCCSCc1ccccc1F.I. The lowest BCUT2D eigenvalue weighted by molar-refractivity contribution is 0.0377. The zero-order valence-corrected chi connectivity index (χ0v) is 19.2. The van der Waals surface area contributed by atoms with E-state index in [2.05, 4.69) is 27.4 Å². The van der Waals surface area contributed by atoms with Gasteiger partial charge in [-0.2, -0.15) is 11.8 Å². The fraction of sp³-hybridized carbons (Fsp3) is 0.632. The molecule has 0 radical (unpaired) electrons. The van der Waals surface area contributed by atoms with Crippen molar-refractivity contribution in [3.05, 3.63) is 35.6 Å². The Morgan fingerprint density at radius 3 is 2.78 bits per heavy atom. The van der Waals surface area contributed by atoms with E-state index in [1.54, 1.807) is 17.8 Å². The van der Waals surface area contributed by atoms with E-state index in [1.807, 2.05) is 12.1 Å². The molecule has 1 fully saturated rings. The fourth-order valence-corrected chi connectivity index (χ4v) is 3.54. The first-order valence-electron chi connectivity index (χ1n) is 9.43. The van der Waals surface area contributed by atoms with E-state index in [0.29, 0.717) is 5.75 Å². The first-order chi connectivity index (χ1) is 12.8. The topological polar surface area (TPSA) is 48.9 Å². The van der Waals surface area contributed by atoms with Crippen LogP contribution in [0.2, 0.25) is 0 Å². The van der Waals surface area contributed by atoms with Gasteiger partial charge in [0, 0.05) is 50.8 Å². The molecule has 8 heteroatoms. The van der Waals surface area contributed by atoms with E-state index in [4.69, 9.17) is 4.74 Å². The van der Waals surface area contributed by atoms with Crippen molar-refractivity contribution in [2.75, 3.05) is 58.2 Å². The maximum atomic E-state index is 13.6. The summed E-state index contributed by atoms with van der Waals surface area (Å²) < 4.78 is 18.9. The van der Waals surface area contributed by atoms with Crippen LogP contribution in [-0.4, -0.2) is 69.1 Å². The fourth-order valence-electron chi connectivity index (χ4n) is 2.69. The number of halogens is 2. The van der Waals surface area contributed by atoms with Gasteiger partial charge in [0.1, 0.15) is 5.82 Å². The summed E-state index contributed by atoms with van der Waals surface area (Å²) in [5.74, 6) is 2.35. The van der Waals surface area contributed by atoms with Crippen LogP contribution in [0.15, 0.2) is 29.3 Å². The van der Waals surface area contributed by atoms with Gasteiger partial charge in [0.2, 0.25) is 0 Å². The molecule has 0 aromatic heterocycles. The Morgan fingerprint density at radius 1 is 1.26 bits per heavy atom. The predicted molar refractivity (Wildman–Crippen MR) is 124 cm³/mol. The van der Waals surface area contributed by atoms with Crippen molar-refractivity contribution < 1.29 is 9.13 Å². The van der Waals surface area contributed by atoms with E-state index in [0.717, 1.165) is 76.2 Å². The zero-order chi connectivity index (χ0) is 18.5. The van der Waals surface area contributed by atoms with Gasteiger partial charge in [-0.05, 0) is 25.0 Å². The maximum absolute atomic E-state index is 13.6. The quantitative estimate of drug-likeness (QED) is 0.220. The van der Waals surface area contributed by atoms with E-state index < -0.39 is 0 Å². The number of nitrogens with zero attached hydrogens (tertiary/aromatic N) is 2. The molecule has 27 heavy (non-hydrogen) atoms. The second kappa shape index (κ2) is 15.4. The summed E-state index contributed by atoms with van der Waals surface area (Å²) in [4.78, 5) is 7.06. The van der Waals surface area contributed by atoms with E-state index in [-0.39, 0.29) is 29.8 Å². The molecule has 1 aromatic carbocycles. The summed E-state index contributed by atoms with van der Waals surface area (Å²) in [7, 11) is 0. The van der Waals surface area contributed by atoms with E-state index in [9.17, 15) is 4.39 Å². The Labute approximate surface area is 183 Å². The van der Waals surface area contributed by atoms with Crippen LogP contribution in [-0.2, 0) is 10.5 Å². The summed E-state index contributed by atoms with van der Waals surface area (Å²) in [5, 5.41) is 6.63. The monoisotopic (exact) mass is 510 g/mol. The van der Waals surface area contributed by atoms with Crippen molar-refractivity contribution in [3.8, 4) is 0 Å². The highest BCUT2D eigenvalue weighted by Crippen LogP contribution is 2.14. The Bertz CT molecular complexity index is 544. The third kappa shape index (κ3) is 10.5. The standard InChI is InChI=1S/C19H31FN4OS.HI/c1-2-21-19(22-8-5-10-24-11-13-25-14-12-24)23-9-15-26-16-17-6-3-4-7-18(17)20;/h3-4,6-7H,2,5,8-16H2,1H3,(H2,21,22,23);1H. The molecule has 0 spiro atoms. The molecule has 1 aliphatic heterocycles. The average molecular weight is 510 g/mol. The van der Waals surface area contributed by atoms with Gasteiger partial charge in [-0.15, -0.1) is 24.0 Å². The van der Waals surface area contributed by atoms with Crippen molar-refractivity contribution in [3.63, 3.8) is 0 Å². The van der Waals surface area contributed by atoms with Crippen LogP contribution in [0, 0.1) is 5.82 Å². The van der Waals surface area contributed by atoms with Gasteiger partial charge in [0.15, 0.2) is 5.96 Å². The Kier molecular flexibility index (Phi) is 13.9. The number of ether oxygens (including phenoxy) is 1. The molecule has 1 aromatic rings. The van der Waals surface area contributed by atoms with Crippen molar-refractivity contribution in [2.24, 2.45) is 4.99 Å². The molecule has 1 saturated heterocycles. The van der Waals surface area contributed by atoms with Crippen molar-refractivity contribution in [2.45, 2.75) is 19.1 Å². The molecule has 2 rings (SSSR count). The number of hydrogen-bond acceptors (Lipinski definition) is 4. The number of nitrogens with one attached hydrogen (secondary N) is 2. The number of rotatable bonds is 10. The number of guanidine groups is 1. The summed E-state index contributed by atoms with van der Waals surface area (Å²) in [6, 6.07) is 6.96. The molecule has 0 bridgehead atoms. The third-order valence-corrected chi connectivity index (χ3v) is 5.11.